The van der Waals surface area contributed by atoms with Crippen molar-refractivity contribution in [2.75, 3.05) is 17.6 Å². The summed E-state index contributed by atoms with van der Waals surface area (Å²) < 4.78 is 1.78. The van der Waals surface area contributed by atoms with Gasteiger partial charge in [0.25, 0.3) is 0 Å². The van der Waals surface area contributed by atoms with Crippen LogP contribution in [0.2, 0.25) is 0 Å². The lowest BCUT2D eigenvalue weighted by atomic mass is 10.2. The van der Waals surface area contributed by atoms with Crippen molar-refractivity contribution >= 4 is 27.8 Å². The van der Waals surface area contributed by atoms with Crippen molar-refractivity contribution in [3.8, 4) is 6.07 Å². The molecule has 19 heavy (non-hydrogen) atoms. The van der Waals surface area contributed by atoms with E-state index in [1.807, 2.05) is 18.3 Å². The van der Waals surface area contributed by atoms with Crippen molar-refractivity contribution in [3.63, 3.8) is 0 Å². The third-order valence-electron chi connectivity index (χ3n) is 2.56. The van der Waals surface area contributed by atoms with Crippen LogP contribution in [0.25, 0.3) is 0 Å². The van der Waals surface area contributed by atoms with Gasteiger partial charge in [0.15, 0.2) is 5.78 Å². The van der Waals surface area contributed by atoms with Gasteiger partial charge in [0.2, 0.25) is 0 Å². The monoisotopic (exact) mass is 275 g/mol. The molecule has 3 N–H and O–H groups in total. The molecule has 2 heterocycles. The number of anilines is 2. The molecule has 2 rings (SSSR count). The number of hydrogen-bond acceptors (Lipinski definition) is 6. The fraction of sp³-hybridized carbons (Fsp3) is 0.250. The summed E-state index contributed by atoms with van der Waals surface area (Å²) in [6, 6.07) is 3.88. The van der Waals surface area contributed by atoms with Gasteiger partial charge in [-0.1, -0.05) is 0 Å². The number of Topliss-reactive ketones (excluding diaryl/α,β-unsaturated/α-hetero) is 1. The number of nitrogen functional groups attached to an aromatic ring is 1. The first-order valence-electron chi connectivity index (χ1n) is 5.68. The number of nitriles is 1. The molecule has 0 atom stereocenters. The largest absolute Gasteiger partial charge is 0.396 e. The summed E-state index contributed by atoms with van der Waals surface area (Å²) in [4.78, 5) is 11.8. The topological polar surface area (TPSA) is 96.7 Å². The predicted octanol–water partition coefficient (Wildman–Crippen LogP) is 1.71. The zero-order chi connectivity index (χ0) is 13.8. The number of nitrogens with zero attached hydrogens (tertiary/aromatic N) is 3. The standard InChI is InChI=1S/C12H13N5OS/c1-8(18)11-10(14)9(7-13)12(19-11)15-4-6-17-5-2-3-16-17/h2-3,5,15H,4,6,14H2,1H3. The molecular weight excluding hydrogens is 262 g/mol. The molecule has 0 radical (unpaired) electrons. The lowest BCUT2D eigenvalue weighted by Gasteiger charge is -2.04. The van der Waals surface area contributed by atoms with E-state index < -0.39 is 0 Å². The minimum absolute atomic E-state index is 0.126. The SMILES string of the molecule is CC(=O)c1sc(NCCn2cccn2)c(C#N)c1N. The average Bonchev–Trinajstić information content (AvgIpc) is 2.97. The molecule has 0 saturated heterocycles. The number of carbonyl (C=O) groups excluding carboxylic acids is 1. The van der Waals surface area contributed by atoms with E-state index in [4.69, 9.17) is 11.0 Å². The molecule has 0 amide bonds. The Morgan fingerprint density at radius 3 is 3.05 bits per heavy atom. The Morgan fingerprint density at radius 1 is 1.68 bits per heavy atom. The molecular formula is C12H13N5OS. The molecule has 98 valence electrons. The summed E-state index contributed by atoms with van der Waals surface area (Å²) in [5.74, 6) is -0.126. The van der Waals surface area contributed by atoms with Crippen molar-refractivity contribution in [1.29, 1.82) is 5.26 Å². The van der Waals surface area contributed by atoms with Crippen molar-refractivity contribution < 1.29 is 4.79 Å². The zero-order valence-corrected chi connectivity index (χ0v) is 11.2. The zero-order valence-electron chi connectivity index (χ0n) is 10.4. The number of aromatic nitrogens is 2. The van der Waals surface area contributed by atoms with Crippen LogP contribution in [-0.2, 0) is 6.54 Å². The highest BCUT2D eigenvalue weighted by Gasteiger charge is 2.18. The maximum Gasteiger partial charge on any atom is 0.171 e. The smallest absolute Gasteiger partial charge is 0.171 e. The van der Waals surface area contributed by atoms with Crippen molar-refractivity contribution in [1.82, 2.24) is 9.78 Å². The van der Waals surface area contributed by atoms with Crippen molar-refractivity contribution in [3.05, 3.63) is 28.9 Å². The maximum absolute atomic E-state index is 11.4. The highest BCUT2D eigenvalue weighted by Crippen LogP contribution is 2.35. The molecule has 2 aromatic rings. The molecule has 0 aliphatic carbocycles. The number of ketones is 1. The van der Waals surface area contributed by atoms with Gasteiger partial charge in [0, 0.05) is 25.9 Å². The van der Waals surface area contributed by atoms with E-state index in [1.54, 1.807) is 10.9 Å². The van der Waals surface area contributed by atoms with Gasteiger partial charge < -0.3 is 11.1 Å². The molecule has 0 spiro atoms. The van der Waals surface area contributed by atoms with E-state index in [2.05, 4.69) is 10.4 Å². The van der Waals surface area contributed by atoms with Crippen molar-refractivity contribution in [2.24, 2.45) is 0 Å². The van der Waals surface area contributed by atoms with Gasteiger partial charge in [-0.2, -0.15) is 10.4 Å². The fourth-order valence-corrected chi connectivity index (χ4v) is 2.65. The highest BCUT2D eigenvalue weighted by atomic mass is 32.1. The molecule has 0 saturated carbocycles. The molecule has 0 bridgehead atoms. The summed E-state index contributed by atoms with van der Waals surface area (Å²) in [5.41, 5.74) is 6.40. The van der Waals surface area contributed by atoms with Crippen molar-refractivity contribution in [2.45, 2.75) is 13.5 Å². The van der Waals surface area contributed by atoms with Crippen LogP contribution in [0.5, 0.6) is 0 Å². The van der Waals surface area contributed by atoms with E-state index >= 15 is 0 Å². The van der Waals surface area contributed by atoms with Gasteiger partial charge in [0.05, 0.1) is 17.1 Å². The third kappa shape index (κ3) is 2.74. The highest BCUT2D eigenvalue weighted by molar-refractivity contribution is 7.18. The molecule has 0 fully saturated rings. The Labute approximate surface area is 114 Å². The summed E-state index contributed by atoms with van der Waals surface area (Å²) in [6.45, 7) is 2.72. The first-order chi connectivity index (χ1) is 9.13. The molecule has 7 heteroatoms. The minimum Gasteiger partial charge on any atom is -0.396 e. The number of rotatable bonds is 5. The Hall–Kier alpha value is -2.33. The summed E-state index contributed by atoms with van der Waals surface area (Å²) in [6.07, 6.45) is 3.56. The van der Waals surface area contributed by atoms with Gasteiger partial charge in [-0.15, -0.1) is 11.3 Å². The number of carbonyl (C=O) groups is 1. The molecule has 6 nitrogen and oxygen atoms in total. The van der Waals surface area contributed by atoms with E-state index in [0.29, 0.717) is 28.5 Å². The molecule has 0 aromatic carbocycles. The summed E-state index contributed by atoms with van der Waals surface area (Å²) in [5, 5.41) is 16.9. The lowest BCUT2D eigenvalue weighted by Crippen LogP contribution is -2.10. The Balaban J connectivity index is 2.10. The van der Waals surface area contributed by atoms with E-state index in [9.17, 15) is 4.79 Å². The van der Waals surface area contributed by atoms with Crippen LogP contribution in [0.15, 0.2) is 18.5 Å². The van der Waals surface area contributed by atoms with Crippen LogP contribution in [0, 0.1) is 11.3 Å². The van der Waals surface area contributed by atoms with Crippen LogP contribution in [0.4, 0.5) is 10.7 Å². The van der Waals surface area contributed by atoms with Crippen LogP contribution < -0.4 is 11.1 Å². The average molecular weight is 275 g/mol. The van der Waals surface area contributed by atoms with Gasteiger partial charge >= 0.3 is 0 Å². The Bertz CT molecular complexity index is 623. The number of nitrogens with two attached hydrogens (primary N) is 1. The number of thiophene rings is 1. The predicted molar refractivity (Wildman–Crippen MR) is 74.2 cm³/mol. The molecule has 0 unspecified atom stereocenters. The molecule has 2 aromatic heterocycles. The first-order valence-corrected chi connectivity index (χ1v) is 6.49. The third-order valence-corrected chi connectivity index (χ3v) is 3.83. The van der Waals surface area contributed by atoms with E-state index in [-0.39, 0.29) is 11.5 Å². The Morgan fingerprint density at radius 2 is 2.47 bits per heavy atom. The normalized spacial score (nSPS) is 10.1. The minimum atomic E-state index is -0.126. The summed E-state index contributed by atoms with van der Waals surface area (Å²) in [7, 11) is 0. The van der Waals surface area contributed by atoms with Crippen LogP contribution in [0.1, 0.15) is 22.2 Å². The molecule has 0 aliphatic rings. The quantitative estimate of drug-likeness (QED) is 0.810. The fourth-order valence-electron chi connectivity index (χ4n) is 1.66. The first kappa shape index (κ1) is 13.1. The van der Waals surface area contributed by atoms with E-state index in [1.165, 1.54) is 18.3 Å². The van der Waals surface area contributed by atoms with Gasteiger partial charge in [0.1, 0.15) is 16.6 Å². The number of hydrogen-bond donors (Lipinski definition) is 2. The van der Waals surface area contributed by atoms with Crippen LogP contribution in [-0.4, -0.2) is 22.1 Å². The summed E-state index contributed by atoms with van der Waals surface area (Å²) >= 11 is 1.22. The van der Waals surface area contributed by atoms with Gasteiger partial charge in [-0.25, -0.2) is 0 Å². The Kier molecular flexibility index (Phi) is 3.82. The second-order valence-electron chi connectivity index (χ2n) is 3.91. The second-order valence-corrected chi connectivity index (χ2v) is 4.93. The van der Waals surface area contributed by atoms with E-state index in [0.717, 1.165) is 0 Å². The number of nitrogens with one attached hydrogen (secondary N) is 1. The van der Waals surface area contributed by atoms with Crippen LogP contribution >= 0.6 is 11.3 Å². The van der Waals surface area contributed by atoms with Gasteiger partial charge in [-0.05, 0) is 6.07 Å². The molecule has 0 aliphatic heterocycles. The van der Waals surface area contributed by atoms with Crippen LogP contribution in [0.3, 0.4) is 0 Å². The second kappa shape index (κ2) is 5.54. The van der Waals surface area contributed by atoms with Gasteiger partial charge in [-0.3, -0.25) is 9.48 Å². The lowest BCUT2D eigenvalue weighted by molar-refractivity contribution is 0.102. The maximum atomic E-state index is 11.4.